The molecule has 0 bridgehead atoms. The first-order valence-corrected chi connectivity index (χ1v) is 6.37. The van der Waals surface area contributed by atoms with Gasteiger partial charge in [0.25, 0.3) is 11.6 Å². The van der Waals surface area contributed by atoms with E-state index in [4.69, 9.17) is 17.3 Å². The van der Waals surface area contributed by atoms with E-state index in [9.17, 15) is 14.9 Å². The van der Waals surface area contributed by atoms with Crippen molar-refractivity contribution >= 4 is 34.6 Å². The number of hydrogen-bond acceptors (Lipinski definition) is 4. The predicted octanol–water partition coefficient (Wildman–Crippen LogP) is 3.39. The maximum Gasteiger partial charge on any atom is 0.292 e. The van der Waals surface area contributed by atoms with Crippen LogP contribution in [0.15, 0.2) is 36.4 Å². The van der Waals surface area contributed by atoms with E-state index in [2.05, 4.69) is 5.32 Å². The lowest BCUT2D eigenvalue weighted by atomic mass is 10.1. The zero-order valence-electron chi connectivity index (χ0n) is 11.1. The Morgan fingerprint density at radius 3 is 2.62 bits per heavy atom. The van der Waals surface area contributed by atoms with Crippen LogP contribution in [0.3, 0.4) is 0 Å². The molecule has 2 aromatic rings. The lowest BCUT2D eigenvalue weighted by Gasteiger charge is -2.09. The molecule has 0 heterocycles. The molecule has 1 amide bonds. The Hall–Kier alpha value is -2.60. The summed E-state index contributed by atoms with van der Waals surface area (Å²) in [6.45, 7) is 1.77. The summed E-state index contributed by atoms with van der Waals surface area (Å²) in [5, 5.41) is 13.9. The van der Waals surface area contributed by atoms with Crippen LogP contribution < -0.4 is 11.1 Å². The van der Waals surface area contributed by atoms with Gasteiger partial charge in [-0.1, -0.05) is 17.7 Å². The van der Waals surface area contributed by atoms with Crippen LogP contribution in [0.5, 0.6) is 0 Å². The number of nitrogens with two attached hydrogens (primary N) is 1. The summed E-state index contributed by atoms with van der Waals surface area (Å²) in [5.41, 5.74) is 6.87. The maximum atomic E-state index is 12.2. The molecule has 21 heavy (non-hydrogen) atoms. The number of nitrogens with zero attached hydrogens (tertiary/aromatic N) is 1. The average Bonchev–Trinajstić information content (AvgIpc) is 2.37. The number of amides is 1. The van der Waals surface area contributed by atoms with Crippen molar-refractivity contribution in [2.45, 2.75) is 6.92 Å². The molecule has 0 saturated carbocycles. The van der Waals surface area contributed by atoms with Crippen molar-refractivity contribution in [3.63, 3.8) is 0 Å². The van der Waals surface area contributed by atoms with Crippen molar-refractivity contribution in [2.24, 2.45) is 0 Å². The summed E-state index contributed by atoms with van der Waals surface area (Å²) < 4.78 is 0. The Balaban J connectivity index is 2.35. The number of nitrogens with one attached hydrogen (secondary N) is 1. The third-order valence-corrected chi connectivity index (χ3v) is 3.09. The topological polar surface area (TPSA) is 98.3 Å². The number of nitro groups is 1. The molecule has 0 unspecified atom stereocenters. The van der Waals surface area contributed by atoms with Crippen molar-refractivity contribution in [3.8, 4) is 0 Å². The average molecular weight is 306 g/mol. The van der Waals surface area contributed by atoms with Gasteiger partial charge in [0.2, 0.25) is 0 Å². The van der Waals surface area contributed by atoms with Gasteiger partial charge < -0.3 is 11.1 Å². The van der Waals surface area contributed by atoms with Crippen LogP contribution in [0.2, 0.25) is 5.02 Å². The molecule has 0 atom stereocenters. The van der Waals surface area contributed by atoms with Gasteiger partial charge in [-0.25, -0.2) is 0 Å². The number of nitrogen functional groups attached to an aromatic ring is 1. The van der Waals surface area contributed by atoms with E-state index in [-0.39, 0.29) is 22.6 Å². The molecule has 0 fully saturated rings. The first-order valence-electron chi connectivity index (χ1n) is 6.00. The predicted molar refractivity (Wildman–Crippen MR) is 81.7 cm³/mol. The van der Waals surface area contributed by atoms with Gasteiger partial charge in [-0.05, 0) is 36.8 Å². The fourth-order valence-electron chi connectivity index (χ4n) is 1.84. The largest absolute Gasteiger partial charge is 0.398 e. The molecule has 0 spiro atoms. The second kappa shape index (κ2) is 5.80. The number of halogens is 1. The minimum Gasteiger partial charge on any atom is -0.398 e. The van der Waals surface area contributed by atoms with E-state index >= 15 is 0 Å². The Morgan fingerprint density at radius 2 is 2.00 bits per heavy atom. The van der Waals surface area contributed by atoms with E-state index in [1.807, 2.05) is 0 Å². The third-order valence-electron chi connectivity index (χ3n) is 2.86. The fraction of sp³-hybridized carbons (Fsp3) is 0.0714. The van der Waals surface area contributed by atoms with E-state index in [0.29, 0.717) is 5.02 Å². The highest BCUT2D eigenvalue weighted by molar-refractivity contribution is 6.31. The first kappa shape index (κ1) is 14.8. The van der Waals surface area contributed by atoms with Gasteiger partial charge in [0, 0.05) is 16.8 Å². The molecule has 2 aromatic carbocycles. The van der Waals surface area contributed by atoms with Gasteiger partial charge in [-0.15, -0.1) is 0 Å². The van der Waals surface area contributed by atoms with Crippen molar-refractivity contribution in [1.29, 1.82) is 0 Å². The minimum atomic E-state index is -0.555. The number of aryl methyl sites for hydroxylation is 1. The first-order chi connectivity index (χ1) is 9.88. The van der Waals surface area contributed by atoms with Crippen LogP contribution in [0.25, 0.3) is 0 Å². The summed E-state index contributed by atoms with van der Waals surface area (Å²) >= 11 is 5.77. The molecule has 0 radical (unpaired) electrons. The summed E-state index contributed by atoms with van der Waals surface area (Å²) in [7, 11) is 0. The zero-order chi connectivity index (χ0) is 15.6. The smallest absolute Gasteiger partial charge is 0.292 e. The van der Waals surface area contributed by atoms with Crippen LogP contribution in [0.4, 0.5) is 17.1 Å². The number of carbonyl (C=O) groups is 1. The molecule has 0 aliphatic rings. The van der Waals surface area contributed by atoms with Gasteiger partial charge in [-0.2, -0.15) is 0 Å². The van der Waals surface area contributed by atoms with Gasteiger partial charge in [0.05, 0.1) is 10.5 Å². The molecule has 108 valence electrons. The lowest BCUT2D eigenvalue weighted by molar-refractivity contribution is -0.383. The Kier molecular flexibility index (Phi) is 4.09. The zero-order valence-corrected chi connectivity index (χ0v) is 11.8. The second-order valence-corrected chi connectivity index (χ2v) is 4.90. The molecule has 0 aromatic heterocycles. The van der Waals surface area contributed by atoms with Crippen LogP contribution in [0, 0.1) is 17.0 Å². The number of rotatable bonds is 3. The van der Waals surface area contributed by atoms with Crippen LogP contribution in [0.1, 0.15) is 15.9 Å². The third kappa shape index (κ3) is 3.29. The molecule has 7 heteroatoms. The summed E-state index contributed by atoms with van der Waals surface area (Å²) in [6.07, 6.45) is 0. The highest BCUT2D eigenvalue weighted by atomic mass is 35.5. The molecule has 0 aliphatic heterocycles. The lowest BCUT2D eigenvalue weighted by Crippen LogP contribution is -2.15. The molecule has 6 nitrogen and oxygen atoms in total. The molecule has 0 saturated heterocycles. The number of carbonyl (C=O) groups excluding carboxylic acids is 1. The highest BCUT2D eigenvalue weighted by Gasteiger charge is 2.18. The van der Waals surface area contributed by atoms with Crippen molar-refractivity contribution in [2.75, 3.05) is 11.1 Å². The molecule has 2 rings (SSSR count). The van der Waals surface area contributed by atoms with E-state index < -0.39 is 10.8 Å². The van der Waals surface area contributed by atoms with Crippen LogP contribution in [-0.2, 0) is 0 Å². The molecule has 0 aliphatic carbocycles. The summed E-state index contributed by atoms with van der Waals surface area (Å²) in [6, 6.07) is 8.91. The fourth-order valence-corrected chi connectivity index (χ4v) is 2.02. The van der Waals surface area contributed by atoms with E-state index in [0.717, 1.165) is 5.56 Å². The van der Waals surface area contributed by atoms with E-state index in [1.165, 1.54) is 30.3 Å². The monoisotopic (exact) mass is 305 g/mol. The normalized spacial score (nSPS) is 10.2. The van der Waals surface area contributed by atoms with E-state index in [1.54, 1.807) is 13.0 Å². The Bertz CT molecular complexity index is 731. The molecule has 3 N–H and O–H groups in total. The van der Waals surface area contributed by atoms with Crippen molar-refractivity contribution in [3.05, 3.63) is 62.7 Å². The highest BCUT2D eigenvalue weighted by Crippen LogP contribution is 2.27. The number of anilines is 2. The number of nitro benzene ring substituents is 1. The number of hydrogen-bond donors (Lipinski definition) is 2. The second-order valence-electron chi connectivity index (χ2n) is 4.46. The molecular formula is C14H12ClN3O3. The Labute approximate surface area is 125 Å². The number of benzene rings is 2. The summed E-state index contributed by atoms with van der Waals surface area (Å²) in [5.74, 6) is -0.530. The summed E-state index contributed by atoms with van der Waals surface area (Å²) in [4.78, 5) is 22.6. The van der Waals surface area contributed by atoms with Crippen LogP contribution >= 0.6 is 11.6 Å². The SMILES string of the molecule is Cc1ccc([N+](=O)[O-])c(NC(=O)c2ccc(Cl)cc2N)c1. The van der Waals surface area contributed by atoms with Gasteiger partial charge >= 0.3 is 0 Å². The molecular weight excluding hydrogens is 294 g/mol. The maximum absolute atomic E-state index is 12.2. The van der Waals surface area contributed by atoms with Gasteiger partial charge in [0.1, 0.15) is 5.69 Å². The van der Waals surface area contributed by atoms with Crippen molar-refractivity contribution in [1.82, 2.24) is 0 Å². The Morgan fingerprint density at radius 1 is 1.29 bits per heavy atom. The standard InChI is InChI=1S/C14H12ClN3O3/c1-8-2-5-13(18(20)21)12(6-8)17-14(19)10-4-3-9(15)7-11(10)16/h2-7H,16H2,1H3,(H,17,19). The van der Waals surface area contributed by atoms with Crippen LogP contribution in [-0.4, -0.2) is 10.8 Å². The minimum absolute atomic E-state index is 0.124. The van der Waals surface area contributed by atoms with Crippen molar-refractivity contribution < 1.29 is 9.72 Å². The van der Waals surface area contributed by atoms with Gasteiger partial charge in [-0.3, -0.25) is 14.9 Å². The van der Waals surface area contributed by atoms with Gasteiger partial charge in [0.15, 0.2) is 0 Å². The quantitative estimate of drug-likeness (QED) is 0.516.